The van der Waals surface area contributed by atoms with Crippen molar-refractivity contribution in [2.75, 3.05) is 6.61 Å². The quantitative estimate of drug-likeness (QED) is 0.797. The van der Waals surface area contributed by atoms with E-state index in [0.29, 0.717) is 5.52 Å². The van der Waals surface area contributed by atoms with E-state index in [1.807, 2.05) is 6.92 Å². The summed E-state index contributed by atoms with van der Waals surface area (Å²) in [5.74, 6) is -0.247. The Morgan fingerprint density at radius 1 is 1.44 bits per heavy atom. The molecule has 3 rings (SSSR count). The summed E-state index contributed by atoms with van der Waals surface area (Å²) in [7, 11) is 0. The van der Waals surface area contributed by atoms with Gasteiger partial charge in [0, 0.05) is 16.5 Å². The van der Waals surface area contributed by atoms with Crippen molar-refractivity contribution >= 4 is 26.8 Å². The molecule has 0 amide bonds. The fourth-order valence-corrected chi connectivity index (χ4v) is 3.10. The van der Waals surface area contributed by atoms with Gasteiger partial charge in [0.2, 0.25) is 0 Å². The second-order valence-electron chi connectivity index (χ2n) is 4.60. The minimum Gasteiger partial charge on any atom is -0.356 e. The van der Waals surface area contributed by atoms with Gasteiger partial charge in [0.25, 0.3) is 0 Å². The Labute approximate surface area is 113 Å². The van der Waals surface area contributed by atoms with Gasteiger partial charge in [-0.05, 0) is 38.3 Å². The molecule has 1 fully saturated rings. The number of nitrogens with zero attached hydrogens (tertiary/aromatic N) is 2. The molecule has 1 saturated heterocycles. The van der Waals surface area contributed by atoms with Crippen molar-refractivity contribution in [3.63, 3.8) is 0 Å². The third kappa shape index (κ3) is 1.86. The van der Waals surface area contributed by atoms with Crippen molar-refractivity contribution in [2.45, 2.75) is 32.4 Å². The molecule has 3 nitrogen and oxygen atoms in total. The zero-order valence-electron chi connectivity index (χ0n) is 10.1. The number of aryl methyl sites for hydroxylation is 1. The third-order valence-electron chi connectivity index (χ3n) is 3.35. The minimum absolute atomic E-state index is 0.140. The topological polar surface area (TPSA) is 27.1 Å². The van der Waals surface area contributed by atoms with Crippen LogP contribution in [0.5, 0.6) is 0 Å². The van der Waals surface area contributed by atoms with Gasteiger partial charge in [-0.1, -0.05) is 15.9 Å². The molecule has 0 aliphatic carbocycles. The largest absolute Gasteiger partial charge is 0.356 e. The first-order chi connectivity index (χ1) is 8.68. The molecular formula is C13H14BrFN2O. The number of fused-ring (bicyclic) bond motifs is 1. The van der Waals surface area contributed by atoms with Crippen LogP contribution in [0.1, 0.15) is 31.2 Å². The molecular weight excluding hydrogens is 299 g/mol. The lowest BCUT2D eigenvalue weighted by Crippen LogP contribution is -2.19. The predicted octanol–water partition coefficient (Wildman–Crippen LogP) is 3.95. The fourth-order valence-electron chi connectivity index (χ4n) is 2.50. The van der Waals surface area contributed by atoms with Crippen LogP contribution in [0.3, 0.4) is 0 Å². The lowest BCUT2D eigenvalue weighted by molar-refractivity contribution is -0.0370. The van der Waals surface area contributed by atoms with Gasteiger partial charge < -0.3 is 4.74 Å². The summed E-state index contributed by atoms with van der Waals surface area (Å²) < 4.78 is 22.3. The van der Waals surface area contributed by atoms with Crippen molar-refractivity contribution in [3.05, 3.63) is 28.1 Å². The van der Waals surface area contributed by atoms with E-state index in [2.05, 4.69) is 21.0 Å². The van der Waals surface area contributed by atoms with E-state index >= 15 is 0 Å². The second kappa shape index (κ2) is 4.63. The van der Waals surface area contributed by atoms with Crippen LogP contribution < -0.4 is 0 Å². The average molecular weight is 313 g/mol. The van der Waals surface area contributed by atoms with Crippen molar-refractivity contribution in [3.8, 4) is 0 Å². The first kappa shape index (κ1) is 12.1. The molecule has 1 aliphatic rings. The Hall–Kier alpha value is -0.940. The van der Waals surface area contributed by atoms with Crippen molar-refractivity contribution in [1.82, 2.24) is 9.78 Å². The highest BCUT2D eigenvalue weighted by atomic mass is 79.9. The summed E-state index contributed by atoms with van der Waals surface area (Å²) >= 11 is 3.46. The minimum atomic E-state index is -0.247. The lowest BCUT2D eigenvalue weighted by atomic mass is 10.1. The van der Waals surface area contributed by atoms with Gasteiger partial charge in [-0.3, -0.25) is 0 Å². The summed E-state index contributed by atoms with van der Waals surface area (Å²) in [4.78, 5) is 0. The van der Waals surface area contributed by atoms with Gasteiger partial charge in [0.1, 0.15) is 11.3 Å². The number of benzene rings is 1. The maximum atomic E-state index is 14.1. The smallest absolute Gasteiger partial charge is 0.150 e. The molecule has 0 saturated carbocycles. The SMILES string of the molecule is Cc1nn(C2CCCCO2)c2c(F)ccc(Br)c12. The highest BCUT2D eigenvalue weighted by Gasteiger charge is 2.22. The molecule has 1 aliphatic heterocycles. The molecule has 1 atom stereocenters. The highest BCUT2D eigenvalue weighted by Crippen LogP contribution is 2.33. The van der Waals surface area contributed by atoms with Crippen LogP contribution in [0.15, 0.2) is 16.6 Å². The van der Waals surface area contributed by atoms with Crippen molar-refractivity contribution in [2.24, 2.45) is 0 Å². The van der Waals surface area contributed by atoms with Crippen LogP contribution in [-0.2, 0) is 4.74 Å². The first-order valence-corrected chi connectivity index (χ1v) is 6.92. The van der Waals surface area contributed by atoms with Crippen molar-refractivity contribution in [1.29, 1.82) is 0 Å². The van der Waals surface area contributed by atoms with Crippen LogP contribution in [0.4, 0.5) is 4.39 Å². The maximum Gasteiger partial charge on any atom is 0.150 e. The Morgan fingerprint density at radius 3 is 3.00 bits per heavy atom. The highest BCUT2D eigenvalue weighted by molar-refractivity contribution is 9.10. The van der Waals surface area contributed by atoms with E-state index in [1.54, 1.807) is 10.7 Å². The number of hydrogen-bond acceptors (Lipinski definition) is 2. The zero-order valence-corrected chi connectivity index (χ0v) is 11.7. The van der Waals surface area contributed by atoms with Crippen LogP contribution in [-0.4, -0.2) is 16.4 Å². The lowest BCUT2D eigenvalue weighted by Gasteiger charge is -2.23. The average Bonchev–Trinajstić information content (AvgIpc) is 2.74. The van der Waals surface area contributed by atoms with E-state index in [-0.39, 0.29) is 12.0 Å². The number of rotatable bonds is 1. The predicted molar refractivity (Wildman–Crippen MR) is 71.0 cm³/mol. The van der Waals surface area contributed by atoms with Crippen LogP contribution >= 0.6 is 15.9 Å². The van der Waals surface area contributed by atoms with Crippen LogP contribution in [0.25, 0.3) is 10.9 Å². The number of aromatic nitrogens is 2. The van der Waals surface area contributed by atoms with Crippen molar-refractivity contribution < 1.29 is 9.13 Å². The zero-order chi connectivity index (χ0) is 12.7. The van der Waals surface area contributed by atoms with Gasteiger partial charge in [-0.15, -0.1) is 0 Å². The molecule has 96 valence electrons. The molecule has 1 aromatic carbocycles. The van der Waals surface area contributed by atoms with Gasteiger partial charge in [0.15, 0.2) is 6.23 Å². The normalized spacial score (nSPS) is 20.5. The van der Waals surface area contributed by atoms with Gasteiger partial charge in [0.05, 0.1) is 5.69 Å². The Balaban J connectivity index is 2.20. The molecule has 2 heterocycles. The molecule has 2 aromatic rings. The monoisotopic (exact) mass is 312 g/mol. The molecule has 0 bridgehead atoms. The van der Waals surface area contributed by atoms with Gasteiger partial charge in [-0.25, -0.2) is 9.07 Å². The maximum absolute atomic E-state index is 14.1. The third-order valence-corrected chi connectivity index (χ3v) is 4.02. The summed E-state index contributed by atoms with van der Waals surface area (Å²) in [6.45, 7) is 2.62. The van der Waals surface area contributed by atoms with Gasteiger partial charge >= 0.3 is 0 Å². The Morgan fingerprint density at radius 2 is 2.28 bits per heavy atom. The fraction of sp³-hybridized carbons (Fsp3) is 0.462. The molecule has 18 heavy (non-hydrogen) atoms. The van der Waals surface area contributed by atoms with Crippen LogP contribution in [0.2, 0.25) is 0 Å². The Kier molecular flexibility index (Phi) is 3.11. The van der Waals surface area contributed by atoms with E-state index in [0.717, 1.165) is 41.4 Å². The van der Waals surface area contributed by atoms with E-state index < -0.39 is 0 Å². The van der Waals surface area contributed by atoms with E-state index in [1.165, 1.54) is 6.07 Å². The number of hydrogen-bond donors (Lipinski definition) is 0. The molecule has 0 spiro atoms. The summed E-state index contributed by atoms with van der Waals surface area (Å²) in [5.41, 5.74) is 1.36. The molecule has 0 N–H and O–H groups in total. The molecule has 0 radical (unpaired) electrons. The van der Waals surface area contributed by atoms with Gasteiger partial charge in [-0.2, -0.15) is 5.10 Å². The first-order valence-electron chi connectivity index (χ1n) is 6.13. The van der Waals surface area contributed by atoms with E-state index in [9.17, 15) is 4.39 Å². The van der Waals surface area contributed by atoms with E-state index in [4.69, 9.17) is 4.74 Å². The summed E-state index contributed by atoms with van der Waals surface area (Å²) in [6.07, 6.45) is 2.92. The molecule has 1 unspecified atom stereocenters. The number of ether oxygens (including phenoxy) is 1. The standard InChI is InChI=1S/C13H14BrFN2O/c1-8-12-9(14)5-6-10(15)13(12)17(16-8)11-4-2-3-7-18-11/h5-6,11H,2-4,7H2,1H3. The summed E-state index contributed by atoms with van der Waals surface area (Å²) in [6, 6.07) is 3.19. The Bertz CT molecular complexity index is 590. The second-order valence-corrected chi connectivity index (χ2v) is 5.46. The molecule has 5 heteroatoms. The number of halogens is 2. The summed E-state index contributed by atoms with van der Waals surface area (Å²) in [5, 5.41) is 5.29. The molecule has 1 aromatic heterocycles. The van der Waals surface area contributed by atoms with Crippen LogP contribution in [0, 0.1) is 12.7 Å².